The number of halogens is 2. The van der Waals surface area contributed by atoms with Gasteiger partial charge in [-0.2, -0.15) is 0 Å². The predicted molar refractivity (Wildman–Crippen MR) is 60.2 cm³/mol. The molecule has 86 valence electrons. The molecular formula is C11H10F2O2S. The number of phenols is 1. The lowest BCUT2D eigenvalue weighted by molar-refractivity contribution is -0.109. The third-order valence-electron chi connectivity index (χ3n) is 1.74. The molecule has 1 rings (SSSR count). The smallest absolute Gasteiger partial charge is 0.186 e. The molecule has 0 saturated heterocycles. The second-order valence-electron chi connectivity index (χ2n) is 3.03. The number of hydrogen-bond acceptors (Lipinski definition) is 3. The van der Waals surface area contributed by atoms with E-state index in [1.54, 1.807) is 6.08 Å². The summed E-state index contributed by atoms with van der Waals surface area (Å²) in [6.45, 7) is 1.43. The van der Waals surface area contributed by atoms with Crippen molar-refractivity contribution < 1.29 is 18.7 Å². The SMILES string of the molecule is CC(=O)SCC=Cc1cc(F)cc(F)c1O. The van der Waals surface area contributed by atoms with Crippen molar-refractivity contribution in [1.82, 2.24) is 0 Å². The first-order valence-corrected chi connectivity index (χ1v) is 5.47. The van der Waals surface area contributed by atoms with E-state index >= 15 is 0 Å². The molecule has 0 atom stereocenters. The highest BCUT2D eigenvalue weighted by Gasteiger charge is 2.07. The molecule has 0 fully saturated rings. The number of aromatic hydroxyl groups is 1. The first kappa shape index (κ1) is 12.7. The first-order valence-electron chi connectivity index (χ1n) is 4.48. The summed E-state index contributed by atoms with van der Waals surface area (Å²) in [5.41, 5.74) is 0.0571. The Morgan fingerprint density at radius 3 is 2.81 bits per heavy atom. The number of thioether (sulfide) groups is 1. The average Bonchev–Trinajstić information content (AvgIpc) is 2.19. The van der Waals surface area contributed by atoms with Crippen LogP contribution in [0.15, 0.2) is 18.2 Å². The topological polar surface area (TPSA) is 37.3 Å². The second kappa shape index (κ2) is 5.65. The fourth-order valence-electron chi connectivity index (χ4n) is 1.05. The van der Waals surface area contributed by atoms with E-state index < -0.39 is 17.4 Å². The summed E-state index contributed by atoms with van der Waals surface area (Å²) < 4.78 is 25.7. The maximum absolute atomic E-state index is 12.9. The van der Waals surface area contributed by atoms with Crippen molar-refractivity contribution in [2.24, 2.45) is 0 Å². The molecular weight excluding hydrogens is 234 g/mol. The predicted octanol–water partition coefficient (Wildman–Crippen LogP) is 2.96. The molecule has 0 aliphatic carbocycles. The highest BCUT2D eigenvalue weighted by molar-refractivity contribution is 8.13. The molecule has 0 heterocycles. The first-order chi connectivity index (χ1) is 7.50. The van der Waals surface area contributed by atoms with Gasteiger partial charge in [-0.15, -0.1) is 0 Å². The summed E-state index contributed by atoms with van der Waals surface area (Å²) in [4.78, 5) is 10.6. The summed E-state index contributed by atoms with van der Waals surface area (Å²) in [6, 6.07) is 1.63. The molecule has 0 saturated carbocycles. The highest BCUT2D eigenvalue weighted by atomic mass is 32.2. The van der Waals surface area contributed by atoms with Gasteiger partial charge in [0.25, 0.3) is 0 Å². The van der Waals surface area contributed by atoms with Crippen molar-refractivity contribution in [1.29, 1.82) is 0 Å². The van der Waals surface area contributed by atoms with Crippen LogP contribution in [-0.2, 0) is 4.79 Å². The molecule has 1 N–H and O–H groups in total. The van der Waals surface area contributed by atoms with Crippen LogP contribution in [0.1, 0.15) is 12.5 Å². The molecule has 0 radical (unpaired) electrons. The van der Waals surface area contributed by atoms with E-state index in [-0.39, 0.29) is 10.7 Å². The lowest BCUT2D eigenvalue weighted by Gasteiger charge is -2.00. The number of carbonyl (C=O) groups is 1. The zero-order valence-corrected chi connectivity index (χ0v) is 9.35. The summed E-state index contributed by atoms with van der Waals surface area (Å²) in [6.07, 6.45) is 2.93. The third kappa shape index (κ3) is 3.66. The molecule has 5 heteroatoms. The van der Waals surface area contributed by atoms with Crippen LogP contribution in [-0.4, -0.2) is 16.0 Å². The van der Waals surface area contributed by atoms with Gasteiger partial charge in [0.1, 0.15) is 5.82 Å². The molecule has 16 heavy (non-hydrogen) atoms. The van der Waals surface area contributed by atoms with Gasteiger partial charge in [-0.3, -0.25) is 4.79 Å². The Balaban J connectivity index is 2.77. The monoisotopic (exact) mass is 244 g/mol. The van der Waals surface area contributed by atoms with Crippen molar-refractivity contribution in [2.45, 2.75) is 6.92 Å². The van der Waals surface area contributed by atoms with Gasteiger partial charge in [-0.1, -0.05) is 23.9 Å². The molecule has 0 spiro atoms. The van der Waals surface area contributed by atoms with Crippen LogP contribution in [0.3, 0.4) is 0 Å². The van der Waals surface area contributed by atoms with E-state index in [0.717, 1.165) is 17.8 Å². The van der Waals surface area contributed by atoms with Gasteiger partial charge in [0.05, 0.1) is 0 Å². The summed E-state index contributed by atoms with van der Waals surface area (Å²) in [5.74, 6) is -1.95. The maximum atomic E-state index is 12.9. The van der Waals surface area contributed by atoms with Crippen LogP contribution < -0.4 is 0 Å². The largest absolute Gasteiger partial charge is 0.504 e. The van der Waals surface area contributed by atoms with E-state index in [9.17, 15) is 18.7 Å². The van der Waals surface area contributed by atoms with Gasteiger partial charge in [0.15, 0.2) is 16.7 Å². The Morgan fingerprint density at radius 1 is 1.50 bits per heavy atom. The standard InChI is InChI=1S/C11H10F2O2S/c1-7(14)16-4-2-3-8-5-9(12)6-10(13)11(8)15/h2-3,5-6,15H,4H2,1H3. The van der Waals surface area contributed by atoms with Crippen molar-refractivity contribution in [2.75, 3.05) is 5.75 Å². The average molecular weight is 244 g/mol. The van der Waals surface area contributed by atoms with Crippen LogP contribution in [0.4, 0.5) is 8.78 Å². The minimum absolute atomic E-state index is 0.0423. The Hall–Kier alpha value is -1.36. The van der Waals surface area contributed by atoms with Crippen LogP contribution in [0.2, 0.25) is 0 Å². The van der Waals surface area contributed by atoms with Crippen molar-refractivity contribution in [3.63, 3.8) is 0 Å². The molecule has 0 aromatic heterocycles. The van der Waals surface area contributed by atoms with Gasteiger partial charge in [-0.25, -0.2) is 8.78 Å². The number of rotatable bonds is 3. The van der Waals surface area contributed by atoms with Crippen LogP contribution in [0, 0.1) is 11.6 Å². The summed E-state index contributed by atoms with van der Waals surface area (Å²) in [5, 5.41) is 9.22. The molecule has 0 amide bonds. The van der Waals surface area contributed by atoms with Crippen molar-refractivity contribution >= 4 is 23.0 Å². The third-order valence-corrected chi connectivity index (χ3v) is 2.50. The lowest BCUT2D eigenvalue weighted by Crippen LogP contribution is -1.86. The van der Waals surface area contributed by atoms with E-state index in [1.807, 2.05) is 0 Å². The van der Waals surface area contributed by atoms with Gasteiger partial charge in [-0.05, 0) is 6.07 Å². The van der Waals surface area contributed by atoms with Crippen LogP contribution >= 0.6 is 11.8 Å². The normalized spacial score (nSPS) is 10.9. The van der Waals surface area contributed by atoms with Gasteiger partial charge in [0, 0.05) is 24.3 Å². The van der Waals surface area contributed by atoms with E-state index in [0.29, 0.717) is 11.8 Å². The fourth-order valence-corrected chi connectivity index (χ4v) is 1.48. The number of benzene rings is 1. The van der Waals surface area contributed by atoms with Crippen molar-refractivity contribution in [3.8, 4) is 5.75 Å². The molecule has 2 nitrogen and oxygen atoms in total. The Bertz CT molecular complexity index is 430. The summed E-state index contributed by atoms with van der Waals surface area (Å²) >= 11 is 1.07. The van der Waals surface area contributed by atoms with Crippen molar-refractivity contribution in [3.05, 3.63) is 35.4 Å². The van der Waals surface area contributed by atoms with Gasteiger partial charge < -0.3 is 5.11 Å². The maximum Gasteiger partial charge on any atom is 0.186 e. The molecule has 0 bridgehead atoms. The molecule has 1 aromatic carbocycles. The Kier molecular flexibility index (Phi) is 4.49. The zero-order valence-electron chi connectivity index (χ0n) is 8.54. The van der Waals surface area contributed by atoms with E-state index in [1.165, 1.54) is 13.0 Å². The van der Waals surface area contributed by atoms with Crippen LogP contribution in [0.5, 0.6) is 5.75 Å². The highest BCUT2D eigenvalue weighted by Crippen LogP contribution is 2.23. The number of phenolic OH excluding ortho intramolecular Hbond substituents is 1. The Labute approximate surface area is 96.0 Å². The van der Waals surface area contributed by atoms with Gasteiger partial charge >= 0.3 is 0 Å². The number of hydrogen-bond donors (Lipinski definition) is 1. The Morgan fingerprint density at radius 2 is 2.19 bits per heavy atom. The molecule has 0 unspecified atom stereocenters. The lowest BCUT2D eigenvalue weighted by atomic mass is 10.2. The molecule has 1 aromatic rings. The van der Waals surface area contributed by atoms with Gasteiger partial charge in [0.2, 0.25) is 0 Å². The number of carbonyl (C=O) groups excluding carboxylic acids is 1. The molecule has 0 aliphatic rings. The second-order valence-corrected chi connectivity index (χ2v) is 4.23. The van der Waals surface area contributed by atoms with E-state index in [4.69, 9.17) is 0 Å². The summed E-state index contributed by atoms with van der Waals surface area (Å²) in [7, 11) is 0. The minimum atomic E-state index is -1.00. The van der Waals surface area contributed by atoms with E-state index in [2.05, 4.69) is 0 Å². The quantitative estimate of drug-likeness (QED) is 0.888. The zero-order chi connectivity index (χ0) is 12.1. The minimum Gasteiger partial charge on any atom is -0.504 e. The molecule has 0 aliphatic heterocycles. The fraction of sp³-hybridized carbons (Fsp3) is 0.182. The van der Waals surface area contributed by atoms with Crippen LogP contribution in [0.25, 0.3) is 6.08 Å².